The average Bonchev–Trinajstić information content (AvgIpc) is 2.00. The van der Waals surface area contributed by atoms with Gasteiger partial charge in [0.25, 0.3) is 0 Å². The van der Waals surface area contributed by atoms with Crippen molar-refractivity contribution in [2.24, 2.45) is 11.8 Å². The Morgan fingerprint density at radius 1 is 1.36 bits per heavy atom. The number of hydrogen-bond donors (Lipinski definition) is 0. The highest BCUT2D eigenvalue weighted by molar-refractivity contribution is 6.34. The highest BCUT2D eigenvalue weighted by atomic mass is 27.2. The summed E-state index contributed by atoms with van der Waals surface area (Å²) in [5.74, 6) is 1.81. The zero-order chi connectivity index (χ0) is 8.69. The Hall–Kier alpha value is 1.02. The van der Waals surface area contributed by atoms with Gasteiger partial charge in [-0.05, 0) is 5.92 Å². The largest absolute Gasteiger partial charge is 0.644 e. The van der Waals surface area contributed by atoms with Crippen molar-refractivity contribution in [1.29, 1.82) is 0 Å². The van der Waals surface area contributed by atoms with Gasteiger partial charge in [0.05, 0.1) is 0 Å². The molecule has 0 heterocycles. The lowest BCUT2D eigenvalue weighted by Crippen LogP contribution is -2.11. The van der Waals surface area contributed by atoms with E-state index in [4.69, 9.17) is 2.84 Å². The third-order valence-corrected chi connectivity index (χ3v) is 5.27. The van der Waals surface area contributed by atoms with Crippen molar-refractivity contribution < 1.29 is 2.84 Å². The molecule has 0 aliphatic carbocycles. The molecule has 1 nitrogen and oxygen atoms in total. The quantitative estimate of drug-likeness (QED) is 0.570. The minimum atomic E-state index is -0.124. The average molecular weight is 186 g/mol. The molecule has 0 aromatic heterocycles. The lowest BCUT2D eigenvalue weighted by Gasteiger charge is -2.18. The molecular weight excluding hydrogens is 166 g/mol. The Kier molecular flexibility index (Phi) is 8.38. The Morgan fingerprint density at radius 2 is 2.00 bits per heavy atom. The lowest BCUT2D eigenvalue weighted by atomic mass is 9.93. The van der Waals surface area contributed by atoms with Crippen molar-refractivity contribution in [3.05, 3.63) is 0 Å². The second-order valence-corrected chi connectivity index (χ2v) is 6.82. The molecule has 3 heteroatoms. The van der Waals surface area contributed by atoms with Crippen LogP contribution in [0.2, 0.25) is 5.28 Å². The molecule has 0 saturated carbocycles. The zero-order valence-electron chi connectivity index (χ0n) is 8.39. The van der Waals surface area contributed by atoms with Crippen molar-refractivity contribution in [1.82, 2.24) is 0 Å². The third kappa shape index (κ3) is 6.21. The van der Waals surface area contributed by atoms with Crippen LogP contribution in [0.3, 0.4) is 0 Å². The van der Waals surface area contributed by atoms with Crippen molar-refractivity contribution in [3.63, 3.8) is 0 Å². The van der Waals surface area contributed by atoms with Crippen LogP contribution in [0.5, 0.6) is 0 Å². The van der Waals surface area contributed by atoms with Crippen molar-refractivity contribution in [3.8, 4) is 0 Å². The fraction of sp³-hybridized carbons (Fsp3) is 1.00. The molecule has 0 aliphatic rings. The lowest BCUT2D eigenvalue weighted by molar-refractivity contribution is 0.382. The Labute approximate surface area is 85.7 Å². The monoisotopic (exact) mass is 186 g/mol. The van der Waals surface area contributed by atoms with Gasteiger partial charge in [0, 0.05) is 0 Å². The molecular formula is C8H20Al2O. The van der Waals surface area contributed by atoms with Gasteiger partial charge in [-0.3, -0.25) is 0 Å². The predicted molar refractivity (Wildman–Crippen MR) is 54.8 cm³/mol. The molecule has 0 spiro atoms. The van der Waals surface area contributed by atoms with Crippen LogP contribution in [-0.4, -0.2) is 32.2 Å². The SMILES string of the molecule is CCCC(C)C(C)[CH2][AlH][O][AlH2]. The van der Waals surface area contributed by atoms with Crippen LogP contribution in [0.4, 0.5) is 0 Å². The summed E-state index contributed by atoms with van der Waals surface area (Å²) >= 11 is 0.831. The Morgan fingerprint density at radius 3 is 2.45 bits per heavy atom. The van der Waals surface area contributed by atoms with E-state index in [1.54, 1.807) is 0 Å². The van der Waals surface area contributed by atoms with Gasteiger partial charge in [-0.15, -0.1) is 0 Å². The first-order valence-electron chi connectivity index (χ1n) is 4.71. The second-order valence-electron chi connectivity index (χ2n) is 3.52. The molecule has 0 amide bonds. The Balaban J connectivity index is 3.38. The van der Waals surface area contributed by atoms with E-state index in [0.29, 0.717) is 0 Å². The van der Waals surface area contributed by atoms with Crippen LogP contribution in [0.25, 0.3) is 0 Å². The van der Waals surface area contributed by atoms with Gasteiger partial charge in [0.1, 0.15) is 0 Å². The molecule has 2 atom stereocenters. The standard InChI is InChI=1S/C8H17.2Al.O.3H/c1-5-6-8(4)7(2)3;;;;;;/h7-8H,2,5-6H2,1,3-4H3;;;;;;. The fourth-order valence-corrected chi connectivity index (χ4v) is 3.21. The fourth-order valence-electron chi connectivity index (χ4n) is 1.33. The maximum absolute atomic E-state index is 5.32. The predicted octanol–water partition coefficient (Wildman–Crippen LogP) is 1.39. The molecule has 2 unspecified atom stereocenters. The van der Waals surface area contributed by atoms with E-state index in [0.717, 1.165) is 28.5 Å². The zero-order valence-corrected chi connectivity index (χ0v) is 11.8. The summed E-state index contributed by atoms with van der Waals surface area (Å²) in [4.78, 5) is 0. The topological polar surface area (TPSA) is 9.23 Å². The highest BCUT2D eigenvalue weighted by Crippen LogP contribution is 2.19. The van der Waals surface area contributed by atoms with E-state index in [9.17, 15) is 0 Å². The smallest absolute Gasteiger partial charge is 0.404 e. The highest BCUT2D eigenvalue weighted by Gasteiger charge is 2.11. The van der Waals surface area contributed by atoms with Crippen LogP contribution in [-0.2, 0) is 2.84 Å². The van der Waals surface area contributed by atoms with E-state index >= 15 is 0 Å². The van der Waals surface area contributed by atoms with Crippen LogP contribution < -0.4 is 0 Å². The van der Waals surface area contributed by atoms with Crippen molar-refractivity contribution >= 4 is 32.2 Å². The molecule has 0 aromatic rings. The van der Waals surface area contributed by atoms with Gasteiger partial charge >= 0.3 is 32.2 Å². The van der Waals surface area contributed by atoms with E-state index in [-0.39, 0.29) is 15.6 Å². The molecule has 64 valence electrons. The summed E-state index contributed by atoms with van der Waals surface area (Å²) in [5.41, 5.74) is 0. The van der Waals surface area contributed by atoms with Gasteiger partial charge < -0.3 is 2.84 Å². The van der Waals surface area contributed by atoms with Gasteiger partial charge in [-0.25, -0.2) is 0 Å². The molecule has 0 bridgehead atoms. The first kappa shape index (κ1) is 12.0. The molecule has 0 radical (unpaired) electrons. The molecule has 0 N–H and O–H groups in total. The second kappa shape index (κ2) is 7.66. The van der Waals surface area contributed by atoms with Crippen LogP contribution in [0, 0.1) is 11.8 Å². The van der Waals surface area contributed by atoms with E-state index in [2.05, 4.69) is 20.8 Å². The van der Waals surface area contributed by atoms with Gasteiger partial charge in [-0.1, -0.05) is 44.8 Å². The van der Waals surface area contributed by atoms with Gasteiger partial charge in [0.2, 0.25) is 0 Å². The van der Waals surface area contributed by atoms with Crippen molar-refractivity contribution in [2.75, 3.05) is 0 Å². The minimum Gasteiger partial charge on any atom is -0.644 e. The van der Waals surface area contributed by atoms with E-state index < -0.39 is 0 Å². The maximum Gasteiger partial charge on any atom is 0.404 e. The number of hydrogen-bond acceptors (Lipinski definition) is 1. The normalized spacial score (nSPS) is 15.9. The summed E-state index contributed by atoms with van der Waals surface area (Å²) in [6, 6.07) is 0. The van der Waals surface area contributed by atoms with Crippen LogP contribution in [0.15, 0.2) is 0 Å². The molecule has 11 heavy (non-hydrogen) atoms. The summed E-state index contributed by atoms with van der Waals surface area (Å²) in [6.45, 7) is 7.01. The molecule has 0 fully saturated rings. The summed E-state index contributed by atoms with van der Waals surface area (Å²) in [6.07, 6.45) is 2.71. The van der Waals surface area contributed by atoms with Gasteiger partial charge in [0.15, 0.2) is 0 Å². The molecule has 0 saturated heterocycles. The summed E-state index contributed by atoms with van der Waals surface area (Å²) in [5, 5.41) is 1.38. The first-order valence-corrected chi connectivity index (χ1v) is 7.10. The van der Waals surface area contributed by atoms with E-state index in [1.165, 1.54) is 18.1 Å². The first-order chi connectivity index (χ1) is 5.22. The minimum absolute atomic E-state index is 0.124. The van der Waals surface area contributed by atoms with E-state index in [1.807, 2.05) is 0 Å². The summed E-state index contributed by atoms with van der Waals surface area (Å²) < 4.78 is 5.32. The van der Waals surface area contributed by atoms with Crippen LogP contribution in [0.1, 0.15) is 33.6 Å². The van der Waals surface area contributed by atoms with Gasteiger partial charge in [-0.2, -0.15) is 0 Å². The molecule has 0 aliphatic heterocycles. The maximum atomic E-state index is 5.32. The molecule has 0 rings (SSSR count). The number of rotatable bonds is 6. The third-order valence-electron chi connectivity index (χ3n) is 2.49. The Bertz CT molecular complexity index is 88.2. The summed E-state index contributed by atoms with van der Waals surface area (Å²) in [7, 11) is 0. The van der Waals surface area contributed by atoms with Crippen molar-refractivity contribution in [2.45, 2.75) is 38.9 Å². The van der Waals surface area contributed by atoms with Crippen LogP contribution >= 0.6 is 0 Å². The molecule has 0 aromatic carbocycles.